The molecule has 0 aliphatic heterocycles. The molecule has 0 fully saturated rings. The second-order valence-corrected chi connectivity index (χ2v) is 8.95. The molecule has 0 saturated carbocycles. The number of hydrogen-bond donors (Lipinski definition) is 3. The lowest BCUT2D eigenvalue weighted by molar-refractivity contribution is -0.125. The summed E-state index contributed by atoms with van der Waals surface area (Å²) >= 11 is 1.37. The predicted octanol–water partition coefficient (Wildman–Crippen LogP) is 2.26. The Balaban J connectivity index is 2.02. The molecule has 2 aromatic rings. The van der Waals surface area contributed by atoms with Crippen molar-refractivity contribution in [3.63, 3.8) is 0 Å². The van der Waals surface area contributed by atoms with Gasteiger partial charge in [-0.15, -0.1) is 0 Å². The van der Waals surface area contributed by atoms with Gasteiger partial charge in [0, 0.05) is 11.8 Å². The maximum atomic E-state index is 13.9. The summed E-state index contributed by atoms with van der Waals surface area (Å²) < 4.78 is 67.1. The van der Waals surface area contributed by atoms with Gasteiger partial charge in [-0.2, -0.15) is 16.5 Å². The number of nitrogens with one attached hydrogen (secondary N) is 3. The van der Waals surface area contributed by atoms with Gasteiger partial charge in [-0.1, -0.05) is 12.1 Å². The van der Waals surface area contributed by atoms with E-state index < -0.39 is 56.8 Å². The Morgan fingerprint density at radius 1 is 1.03 bits per heavy atom. The Morgan fingerprint density at radius 2 is 1.74 bits per heavy atom. The third kappa shape index (κ3) is 7.26. The SMILES string of the molecule is CSCC[C@@H](NS(=O)(=O)c1ccccc1F)C(=O)NCC(=O)Nc1ccc(F)c(F)c1. The smallest absolute Gasteiger partial charge is 0.244 e. The van der Waals surface area contributed by atoms with Crippen LogP contribution in [0.2, 0.25) is 0 Å². The van der Waals surface area contributed by atoms with Crippen molar-refractivity contribution in [1.29, 1.82) is 0 Å². The molecule has 0 aliphatic rings. The fraction of sp³-hybridized carbons (Fsp3) is 0.263. The third-order valence-corrected chi connectivity index (χ3v) is 6.13. The first-order valence-electron chi connectivity index (χ1n) is 8.92. The first kappa shape index (κ1) is 24.7. The molecule has 0 spiro atoms. The molecule has 168 valence electrons. The van der Waals surface area contributed by atoms with E-state index in [1.165, 1.54) is 23.9 Å². The lowest BCUT2D eigenvalue weighted by Gasteiger charge is -2.18. The molecule has 31 heavy (non-hydrogen) atoms. The van der Waals surface area contributed by atoms with Crippen LogP contribution in [0.3, 0.4) is 0 Å². The van der Waals surface area contributed by atoms with Crippen molar-refractivity contribution in [2.45, 2.75) is 17.4 Å². The molecule has 7 nitrogen and oxygen atoms in total. The number of hydrogen-bond acceptors (Lipinski definition) is 5. The molecule has 0 unspecified atom stereocenters. The maximum Gasteiger partial charge on any atom is 0.244 e. The minimum absolute atomic E-state index is 0.0164. The molecule has 0 aliphatic carbocycles. The van der Waals surface area contributed by atoms with E-state index in [-0.39, 0.29) is 12.1 Å². The quantitative estimate of drug-likeness (QED) is 0.489. The number of carbonyl (C=O) groups is 2. The highest BCUT2D eigenvalue weighted by molar-refractivity contribution is 7.98. The third-order valence-electron chi connectivity index (χ3n) is 3.98. The van der Waals surface area contributed by atoms with Gasteiger partial charge in [0.2, 0.25) is 21.8 Å². The Labute approximate surface area is 181 Å². The van der Waals surface area contributed by atoms with Crippen molar-refractivity contribution in [2.75, 3.05) is 23.9 Å². The molecule has 0 radical (unpaired) electrons. The van der Waals surface area contributed by atoms with E-state index in [0.717, 1.165) is 30.3 Å². The van der Waals surface area contributed by atoms with Gasteiger partial charge in [-0.3, -0.25) is 9.59 Å². The van der Waals surface area contributed by atoms with E-state index in [0.29, 0.717) is 5.75 Å². The first-order chi connectivity index (χ1) is 14.6. The Hall–Kier alpha value is -2.57. The molecule has 2 amide bonds. The van der Waals surface area contributed by atoms with Crippen LogP contribution in [0.25, 0.3) is 0 Å². The fourth-order valence-corrected chi connectivity index (χ4v) is 4.24. The summed E-state index contributed by atoms with van der Waals surface area (Å²) in [5.41, 5.74) is -0.0164. The molecule has 2 rings (SSSR count). The Kier molecular flexibility index (Phi) is 8.89. The van der Waals surface area contributed by atoms with E-state index in [1.807, 2.05) is 0 Å². The molecule has 0 bridgehead atoms. The van der Waals surface area contributed by atoms with Crippen LogP contribution in [0.15, 0.2) is 47.4 Å². The molecular weight excluding hydrogens is 455 g/mol. The number of thioether (sulfide) groups is 1. The lowest BCUT2D eigenvalue weighted by Crippen LogP contribution is -2.48. The average molecular weight is 476 g/mol. The first-order valence-corrected chi connectivity index (χ1v) is 11.8. The Bertz CT molecular complexity index is 1050. The van der Waals surface area contributed by atoms with E-state index in [9.17, 15) is 31.2 Å². The molecule has 0 aromatic heterocycles. The fourth-order valence-electron chi connectivity index (χ4n) is 2.46. The summed E-state index contributed by atoms with van der Waals surface area (Å²) in [4.78, 5) is 23.8. The molecule has 2 aromatic carbocycles. The van der Waals surface area contributed by atoms with Gasteiger partial charge < -0.3 is 10.6 Å². The summed E-state index contributed by atoms with van der Waals surface area (Å²) in [5, 5.41) is 4.55. The van der Waals surface area contributed by atoms with E-state index >= 15 is 0 Å². The van der Waals surface area contributed by atoms with Crippen LogP contribution in [-0.4, -0.2) is 44.8 Å². The summed E-state index contributed by atoms with van der Waals surface area (Å²) in [6.07, 6.45) is 1.85. The molecule has 3 N–H and O–H groups in total. The number of rotatable bonds is 10. The normalized spacial score (nSPS) is 12.3. The average Bonchev–Trinajstić information content (AvgIpc) is 2.72. The van der Waals surface area contributed by atoms with Crippen molar-refractivity contribution >= 4 is 39.3 Å². The zero-order valence-corrected chi connectivity index (χ0v) is 18.0. The van der Waals surface area contributed by atoms with Crippen LogP contribution in [-0.2, 0) is 19.6 Å². The van der Waals surface area contributed by atoms with Crippen molar-refractivity contribution in [3.8, 4) is 0 Å². The predicted molar refractivity (Wildman–Crippen MR) is 112 cm³/mol. The van der Waals surface area contributed by atoms with Crippen LogP contribution in [0.1, 0.15) is 6.42 Å². The van der Waals surface area contributed by atoms with Gasteiger partial charge in [0.05, 0.1) is 6.54 Å². The van der Waals surface area contributed by atoms with Gasteiger partial charge in [-0.05, 0) is 42.7 Å². The summed E-state index contributed by atoms with van der Waals surface area (Å²) in [6.45, 7) is -0.547. The van der Waals surface area contributed by atoms with Crippen molar-refractivity contribution in [1.82, 2.24) is 10.0 Å². The van der Waals surface area contributed by atoms with Crippen LogP contribution in [0.5, 0.6) is 0 Å². The number of halogens is 3. The van der Waals surface area contributed by atoms with Crippen molar-refractivity contribution < 1.29 is 31.2 Å². The van der Waals surface area contributed by atoms with E-state index in [2.05, 4.69) is 15.4 Å². The second kappa shape index (κ2) is 11.2. The zero-order chi connectivity index (χ0) is 23.0. The van der Waals surface area contributed by atoms with Crippen molar-refractivity contribution in [2.24, 2.45) is 0 Å². The summed E-state index contributed by atoms with van der Waals surface area (Å²) in [7, 11) is -4.33. The summed E-state index contributed by atoms with van der Waals surface area (Å²) in [6, 6.07) is 6.22. The number of sulfonamides is 1. The molecule has 0 heterocycles. The largest absolute Gasteiger partial charge is 0.346 e. The second-order valence-electron chi connectivity index (χ2n) is 6.28. The minimum Gasteiger partial charge on any atom is -0.346 e. The number of anilines is 1. The van der Waals surface area contributed by atoms with Gasteiger partial charge in [0.25, 0.3) is 0 Å². The summed E-state index contributed by atoms with van der Waals surface area (Å²) in [5.74, 6) is -4.32. The van der Waals surface area contributed by atoms with Crippen LogP contribution >= 0.6 is 11.8 Å². The monoisotopic (exact) mass is 475 g/mol. The zero-order valence-electron chi connectivity index (χ0n) is 16.3. The highest BCUT2D eigenvalue weighted by Gasteiger charge is 2.27. The van der Waals surface area contributed by atoms with Crippen molar-refractivity contribution in [3.05, 3.63) is 59.9 Å². The van der Waals surface area contributed by atoms with Crippen LogP contribution < -0.4 is 15.4 Å². The number of benzene rings is 2. The van der Waals surface area contributed by atoms with Gasteiger partial charge in [-0.25, -0.2) is 21.6 Å². The molecular formula is C19H20F3N3O4S2. The van der Waals surface area contributed by atoms with Gasteiger partial charge in [0.1, 0.15) is 16.8 Å². The van der Waals surface area contributed by atoms with Crippen LogP contribution in [0.4, 0.5) is 18.9 Å². The van der Waals surface area contributed by atoms with Gasteiger partial charge in [0.15, 0.2) is 11.6 Å². The molecule has 0 saturated heterocycles. The lowest BCUT2D eigenvalue weighted by atomic mass is 10.2. The highest BCUT2D eigenvalue weighted by Crippen LogP contribution is 2.15. The van der Waals surface area contributed by atoms with Gasteiger partial charge >= 0.3 is 0 Å². The van der Waals surface area contributed by atoms with E-state index in [4.69, 9.17) is 0 Å². The standard InChI is InChI=1S/C19H20F3N3O4S2/c1-30-9-8-16(25-31(28,29)17-5-3-2-4-14(17)21)19(27)23-11-18(26)24-12-6-7-13(20)15(22)10-12/h2-7,10,16,25H,8-9,11H2,1H3,(H,23,27)(H,24,26)/t16-/m1/s1. The molecule has 12 heteroatoms. The topological polar surface area (TPSA) is 104 Å². The van der Waals surface area contributed by atoms with E-state index in [1.54, 1.807) is 6.26 Å². The maximum absolute atomic E-state index is 13.9. The number of amides is 2. The Morgan fingerprint density at radius 3 is 2.39 bits per heavy atom. The highest BCUT2D eigenvalue weighted by atomic mass is 32.2. The van der Waals surface area contributed by atoms with Crippen LogP contribution in [0, 0.1) is 17.5 Å². The molecule has 1 atom stereocenters. The number of carbonyl (C=O) groups excluding carboxylic acids is 2. The minimum atomic E-state index is -4.33.